The minimum absolute atomic E-state index is 0.0252. The molecule has 3 heteroatoms. The topological polar surface area (TPSA) is 25.2 Å². The maximum atomic E-state index is 6.26. The Morgan fingerprint density at radius 1 is 1.00 bits per heavy atom. The van der Waals surface area contributed by atoms with Crippen LogP contribution in [-0.2, 0) is 0 Å². The number of benzene rings is 2. The molecule has 0 aliphatic carbocycles. The van der Waals surface area contributed by atoms with Crippen molar-refractivity contribution >= 4 is 22.4 Å². The molecular formula is C16H14ClNO. The van der Waals surface area contributed by atoms with E-state index in [2.05, 4.69) is 11.4 Å². The van der Waals surface area contributed by atoms with E-state index in [9.17, 15) is 0 Å². The van der Waals surface area contributed by atoms with Crippen LogP contribution in [0.4, 0.5) is 0 Å². The summed E-state index contributed by atoms with van der Waals surface area (Å²) in [4.78, 5) is 0. The predicted octanol–water partition coefficient (Wildman–Crippen LogP) is 4.40. The summed E-state index contributed by atoms with van der Waals surface area (Å²) in [6.07, 6.45) is 1.69. The van der Waals surface area contributed by atoms with Crippen LogP contribution >= 0.6 is 11.6 Å². The Labute approximate surface area is 117 Å². The Balaban J connectivity index is 2.22. The molecule has 0 aliphatic rings. The van der Waals surface area contributed by atoms with Crippen LogP contribution in [0.15, 0.2) is 59.2 Å². The molecule has 0 amide bonds. The van der Waals surface area contributed by atoms with Gasteiger partial charge in [0.2, 0.25) is 0 Å². The summed E-state index contributed by atoms with van der Waals surface area (Å²) >= 11 is 6.26. The lowest BCUT2D eigenvalue weighted by Gasteiger charge is -2.17. The highest BCUT2D eigenvalue weighted by atomic mass is 35.5. The molecule has 0 fully saturated rings. The van der Waals surface area contributed by atoms with E-state index in [1.807, 2.05) is 49.5 Å². The highest BCUT2D eigenvalue weighted by Crippen LogP contribution is 2.32. The average Bonchev–Trinajstić information content (AvgIpc) is 2.96. The molecule has 0 saturated heterocycles. The van der Waals surface area contributed by atoms with Crippen molar-refractivity contribution < 1.29 is 4.42 Å². The van der Waals surface area contributed by atoms with Crippen LogP contribution in [0.5, 0.6) is 0 Å². The Morgan fingerprint density at radius 2 is 1.79 bits per heavy atom. The monoisotopic (exact) mass is 271 g/mol. The van der Waals surface area contributed by atoms with Gasteiger partial charge in [-0.15, -0.1) is 0 Å². The molecular weight excluding hydrogens is 258 g/mol. The number of nitrogens with one attached hydrogen (secondary N) is 1. The summed E-state index contributed by atoms with van der Waals surface area (Å²) in [5.41, 5.74) is 1.16. The zero-order valence-corrected chi connectivity index (χ0v) is 11.3. The van der Waals surface area contributed by atoms with Gasteiger partial charge >= 0.3 is 0 Å². The Bertz CT molecular complexity index is 691. The van der Waals surface area contributed by atoms with Gasteiger partial charge in [-0.05, 0) is 36.2 Å². The summed E-state index contributed by atoms with van der Waals surface area (Å²) < 4.78 is 5.52. The van der Waals surface area contributed by atoms with Crippen molar-refractivity contribution in [1.82, 2.24) is 5.32 Å². The van der Waals surface area contributed by atoms with Gasteiger partial charge in [-0.2, -0.15) is 0 Å². The van der Waals surface area contributed by atoms with Crippen molar-refractivity contribution in [3.05, 3.63) is 71.1 Å². The fraction of sp³-hybridized carbons (Fsp3) is 0.125. The summed E-state index contributed by atoms with van der Waals surface area (Å²) in [6, 6.07) is 16.0. The first-order valence-electron chi connectivity index (χ1n) is 6.19. The van der Waals surface area contributed by atoms with Crippen molar-refractivity contribution in [2.45, 2.75) is 6.04 Å². The lowest BCUT2D eigenvalue weighted by atomic mass is 9.97. The number of hydrogen-bond donors (Lipinski definition) is 1. The maximum Gasteiger partial charge on any atom is 0.125 e. The molecule has 1 atom stereocenters. The average molecular weight is 272 g/mol. The molecule has 2 nitrogen and oxygen atoms in total. The van der Waals surface area contributed by atoms with Gasteiger partial charge in [0.05, 0.1) is 12.3 Å². The third kappa shape index (κ3) is 2.14. The molecule has 2 aromatic carbocycles. The van der Waals surface area contributed by atoms with Crippen LogP contribution in [0.1, 0.15) is 17.4 Å². The van der Waals surface area contributed by atoms with E-state index in [0.717, 1.165) is 27.1 Å². The first-order valence-corrected chi connectivity index (χ1v) is 6.57. The highest BCUT2D eigenvalue weighted by Gasteiger charge is 2.17. The summed E-state index contributed by atoms with van der Waals surface area (Å²) in [6.45, 7) is 0. The van der Waals surface area contributed by atoms with E-state index in [4.69, 9.17) is 16.0 Å². The minimum Gasteiger partial charge on any atom is -0.467 e. The fourth-order valence-electron chi connectivity index (χ4n) is 2.44. The van der Waals surface area contributed by atoms with Gasteiger partial charge in [-0.25, -0.2) is 0 Å². The maximum absolute atomic E-state index is 6.26. The normalized spacial score (nSPS) is 12.7. The van der Waals surface area contributed by atoms with Crippen LogP contribution < -0.4 is 5.32 Å². The number of furan rings is 1. The van der Waals surface area contributed by atoms with Crippen LogP contribution in [0, 0.1) is 0 Å². The minimum atomic E-state index is 0.0252. The largest absolute Gasteiger partial charge is 0.467 e. The van der Waals surface area contributed by atoms with Crippen LogP contribution in [0.3, 0.4) is 0 Å². The molecule has 1 N–H and O–H groups in total. The molecule has 96 valence electrons. The molecule has 0 aliphatic heterocycles. The summed E-state index contributed by atoms with van der Waals surface area (Å²) in [5, 5.41) is 6.28. The molecule has 0 bridgehead atoms. The van der Waals surface area contributed by atoms with Crippen LogP contribution in [-0.4, -0.2) is 7.05 Å². The van der Waals surface area contributed by atoms with E-state index in [1.54, 1.807) is 6.26 Å². The van der Waals surface area contributed by atoms with E-state index in [-0.39, 0.29) is 6.04 Å². The summed E-state index contributed by atoms with van der Waals surface area (Å²) in [5.74, 6) is 0.898. The van der Waals surface area contributed by atoms with Crippen LogP contribution in [0.2, 0.25) is 5.02 Å². The fourth-order valence-corrected chi connectivity index (χ4v) is 2.67. The first-order chi connectivity index (χ1) is 9.31. The molecule has 1 unspecified atom stereocenters. The van der Waals surface area contributed by atoms with Crippen molar-refractivity contribution in [2.75, 3.05) is 7.05 Å². The van der Waals surface area contributed by atoms with Crippen molar-refractivity contribution in [3.8, 4) is 0 Å². The zero-order valence-electron chi connectivity index (χ0n) is 10.6. The van der Waals surface area contributed by atoms with Gasteiger partial charge < -0.3 is 9.73 Å². The van der Waals surface area contributed by atoms with Gasteiger partial charge in [0.25, 0.3) is 0 Å². The van der Waals surface area contributed by atoms with E-state index in [1.165, 1.54) is 0 Å². The molecule has 0 saturated carbocycles. The van der Waals surface area contributed by atoms with Crippen molar-refractivity contribution in [2.24, 2.45) is 0 Å². The number of fused-ring (bicyclic) bond motifs is 1. The molecule has 1 heterocycles. The zero-order chi connectivity index (χ0) is 13.2. The Kier molecular flexibility index (Phi) is 3.28. The number of rotatable bonds is 3. The smallest absolute Gasteiger partial charge is 0.125 e. The Morgan fingerprint density at radius 3 is 2.47 bits per heavy atom. The van der Waals surface area contributed by atoms with E-state index >= 15 is 0 Å². The van der Waals surface area contributed by atoms with Crippen molar-refractivity contribution in [3.63, 3.8) is 0 Å². The molecule has 1 aromatic heterocycles. The number of halogens is 1. The second-order valence-electron chi connectivity index (χ2n) is 4.42. The van der Waals surface area contributed by atoms with Gasteiger partial charge in [-0.3, -0.25) is 0 Å². The number of hydrogen-bond acceptors (Lipinski definition) is 2. The van der Waals surface area contributed by atoms with Crippen molar-refractivity contribution in [1.29, 1.82) is 0 Å². The third-order valence-corrected chi connectivity index (χ3v) is 3.66. The lowest BCUT2D eigenvalue weighted by molar-refractivity contribution is 0.464. The third-order valence-electron chi connectivity index (χ3n) is 3.33. The molecule has 3 rings (SSSR count). The van der Waals surface area contributed by atoms with Gasteiger partial charge in [0, 0.05) is 10.4 Å². The SMILES string of the molecule is CNC(c1ccco1)c1ccc(Cl)c2ccccc12. The molecule has 0 radical (unpaired) electrons. The predicted molar refractivity (Wildman–Crippen MR) is 78.6 cm³/mol. The standard InChI is InChI=1S/C16H14ClNO/c1-18-16(15-7-4-10-19-15)13-8-9-14(17)12-6-3-2-5-11(12)13/h2-10,16,18H,1H3. The molecule has 19 heavy (non-hydrogen) atoms. The summed E-state index contributed by atoms with van der Waals surface area (Å²) in [7, 11) is 1.93. The van der Waals surface area contributed by atoms with E-state index < -0.39 is 0 Å². The van der Waals surface area contributed by atoms with Gasteiger partial charge in [-0.1, -0.05) is 41.9 Å². The lowest BCUT2D eigenvalue weighted by Crippen LogP contribution is -2.17. The van der Waals surface area contributed by atoms with Crippen LogP contribution in [0.25, 0.3) is 10.8 Å². The second kappa shape index (κ2) is 5.08. The Hall–Kier alpha value is -1.77. The van der Waals surface area contributed by atoms with Gasteiger partial charge in [0.15, 0.2) is 0 Å². The van der Waals surface area contributed by atoms with E-state index in [0.29, 0.717) is 0 Å². The molecule has 0 spiro atoms. The highest BCUT2D eigenvalue weighted by molar-refractivity contribution is 6.35. The second-order valence-corrected chi connectivity index (χ2v) is 4.83. The van der Waals surface area contributed by atoms with Gasteiger partial charge in [0.1, 0.15) is 5.76 Å². The first kappa shape index (κ1) is 12.3. The molecule has 3 aromatic rings. The quantitative estimate of drug-likeness (QED) is 0.764.